The summed E-state index contributed by atoms with van der Waals surface area (Å²) in [7, 11) is 0. The van der Waals surface area contributed by atoms with Crippen LogP contribution in [0.1, 0.15) is 12.0 Å². The predicted molar refractivity (Wildman–Crippen MR) is 55.6 cm³/mol. The second kappa shape index (κ2) is 3.09. The van der Waals surface area contributed by atoms with Gasteiger partial charge in [0.2, 0.25) is 0 Å². The van der Waals surface area contributed by atoms with Crippen LogP contribution in [0.4, 0.5) is 20.2 Å². The van der Waals surface area contributed by atoms with Crippen molar-refractivity contribution in [3.05, 3.63) is 23.1 Å². The summed E-state index contributed by atoms with van der Waals surface area (Å²) in [6.07, 6.45) is -2.51. The lowest BCUT2D eigenvalue weighted by atomic mass is 10.1. The van der Waals surface area contributed by atoms with Gasteiger partial charge in [-0.05, 0) is 12.1 Å². The second-order valence-corrected chi connectivity index (χ2v) is 3.82. The topological polar surface area (TPSA) is 52.0 Å². The molecule has 0 unspecified atom stereocenters. The summed E-state index contributed by atoms with van der Waals surface area (Å²) < 4.78 is 25.7. The van der Waals surface area contributed by atoms with Gasteiger partial charge in [0.1, 0.15) is 0 Å². The summed E-state index contributed by atoms with van der Waals surface area (Å²) in [5.41, 5.74) is 12.1. The van der Waals surface area contributed by atoms with Crippen LogP contribution in [0, 0.1) is 0 Å². The molecule has 74 valence electrons. The number of rotatable bonds is 1. The maximum Gasteiger partial charge on any atom is 0.265 e. The smallest absolute Gasteiger partial charge is 0.265 e. The predicted octanol–water partition coefficient (Wildman–Crippen LogP) is 3.00. The molecule has 2 aromatic rings. The van der Waals surface area contributed by atoms with Crippen LogP contribution in [0.15, 0.2) is 17.5 Å². The first-order valence-electron chi connectivity index (χ1n) is 3.94. The summed E-state index contributed by atoms with van der Waals surface area (Å²) in [5, 5.41) is 1.80. The molecule has 0 spiro atoms. The van der Waals surface area contributed by atoms with Gasteiger partial charge < -0.3 is 11.5 Å². The van der Waals surface area contributed by atoms with Crippen molar-refractivity contribution in [3.63, 3.8) is 0 Å². The molecule has 1 heterocycles. The van der Waals surface area contributed by atoms with Crippen molar-refractivity contribution in [3.8, 4) is 0 Å². The van der Waals surface area contributed by atoms with Gasteiger partial charge in [0.15, 0.2) is 0 Å². The fourth-order valence-electron chi connectivity index (χ4n) is 1.38. The molecular formula is C9H8F2N2S. The van der Waals surface area contributed by atoms with E-state index in [1.54, 1.807) is 12.1 Å². The molecule has 0 radical (unpaired) electrons. The molecule has 0 saturated heterocycles. The molecule has 0 aliphatic heterocycles. The Kier molecular flexibility index (Phi) is 2.03. The van der Waals surface area contributed by atoms with Crippen LogP contribution >= 0.6 is 11.3 Å². The number of benzene rings is 1. The molecular weight excluding hydrogens is 206 g/mol. The zero-order valence-corrected chi connectivity index (χ0v) is 7.94. The van der Waals surface area contributed by atoms with E-state index in [0.717, 1.165) is 0 Å². The van der Waals surface area contributed by atoms with Gasteiger partial charge in [0.05, 0.1) is 4.70 Å². The van der Waals surface area contributed by atoms with Crippen molar-refractivity contribution in [2.24, 2.45) is 0 Å². The van der Waals surface area contributed by atoms with Gasteiger partial charge >= 0.3 is 0 Å². The van der Waals surface area contributed by atoms with E-state index in [1.165, 1.54) is 16.7 Å². The van der Waals surface area contributed by atoms with E-state index in [9.17, 15) is 8.78 Å². The van der Waals surface area contributed by atoms with Gasteiger partial charge in [-0.3, -0.25) is 0 Å². The molecule has 0 atom stereocenters. The van der Waals surface area contributed by atoms with Crippen molar-refractivity contribution in [2.45, 2.75) is 6.43 Å². The van der Waals surface area contributed by atoms with Crippen molar-refractivity contribution in [1.82, 2.24) is 0 Å². The van der Waals surface area contributed by atoms with Gasteiger partial charge in [-0.1, -0.05) is 0 Å². The molecule has 0 saturated carbocycles. The molecule has 1 aromatic carbocycles. The third-order valence-corrected chi connectivity index (χ3v) is 3.10. The van der Waals surface area contributed by atoms with E-state index in [-0.39, 0.29) is 5.56 Å². The number of nitrogens with two attached hydrogens (primary N) is 2. The molecule has 0 amide bonds. The lowest BCUT2D eigenvalue weighted by molar-refractivity contribution is 0.153. The number of hydrogen-bond donors (Lipinski definition) is 2. The largest absolute Gasteiger partial charge is 0.398 e. The number of alkyl halides is 2. The SMILES string of the molecule is Nc1ccc(N)c2c(C(F)F)csc12. The molecule has 2 nitrogen and oxygen atoms in total. The van der Waals surface area contributed by atoms with Crippen LogP contribution in [0.2, 0.25) is 0 Å². The van der Waals surface area contributed by atoms with E-state index < -0.39 is 6.43 Å². The van der Waals surface area contributed by atoms with Crippen LogP contribution in [0.5, 0.6) is 0 Å². The first kappa shape index (κ1) is 9.21. The highest BCUT2D eigenvalue weighted by Crippen LogP contribution is 2.39. The van der Waals surface area contributed by atoms with Crippen molar-refractivity contribution >= 4 is 32.8 Å². The minimum Gasteiger partial charge on any atom is -0.398 e. The van der Waals surface area contributed by atoms with Gasteiger partial charge in [0.25, 0.3) is 6.43 Å². The third kappa shape index (κ3) is 1.21. The van der Waals surface area contributed by atoms with Gasteiger partial charge in [-0.2, -0.15) is 0 Å². The first-order chi connectivity index (χ1) is 6.61. The highest BCUT2D eigenvalue weighted by molar-refractivity contribution is 7.18. The Balaban J connectivity index is 2.84. The number of nitrogen functional groups attached to an aromatic ring is 2. The number of thiophene rings is 1. The van der Waals surface area contributed by atoms with Crippen LogP contribution in [-0.4, -0.2) is 0 Å². The van der Waals surface area contributed by atoms with E-state index in [2.05, 4.69) is 0 Å². The standard InChI is InChI=1S/C9H8F2N2S/c10-9(11)4-3-14-8-6(13)2-1-5(12)7(4)8/h1-3,9H,12-13H2. The fourth-order valence-corrected chi connectivity index (χ4v) is 2.40. The Bertz CT molecular complexity index is 479. The summed E-state index contributed by atoms with van der Waals surface area (Å²) in [5.74, 6) is 0. The van der Waals surface area contributed by atoms with Crippen molar-refractivity contribution in [1.29, 1.82) is 0 Å². The maximum absolute atomic E-state index is 12.6. The number of hydrogen-bond acceptors (Lipinski definition) is 3. The van der Waals surface area contributed by atoms with Crippen LogP contribution < -0.4 is 11.5 Å². The normalized spacial score (nSPS) is 11.4. The van der Waals surface area contributed by atoms with Crippen LogP contribution in [0.25, 0.3) is 10.1 Å². The van der Waals surface area contributed by atoms with E-state index >= 15 is 0 Å². The third-order valence-electron chi connectivity index (χ3n) is 2.05. The molecule has 14 heavy (non-hydrogen) atoms. The lowest BCUT2D eigenvalue weighted by Gasteiger charge is -2.02. The van der Waals surface area contributed by atoms with Gasteiger partial charge in [0, 0.05) is 27.7 Å². The van der Waals surface area contributed by atoms with Crippen LogP contribution in [-0.2, 0) is 0 Å². The zero-order valence-electron chi connectivity index (χ0n) is 7.13. The summed E-state index contributed by atoms with van der Waals surface area (Å²) in [4.78, 5) is 0. The molecule has 0 aliphatic carbocycles. The van der Waals surface area contributed by atoms with E-state index in [0.29, 0.717) is 21.5 Å². The average Bonchev–Trinajstić information content (AvgIpc) is 2.56. The Morgan fingerprint density at radius 3 is 2.43 bits per heavy atom. The minimum absolute atomic E-state index is 0.0326. The second-order valence-electron chi connectivity index (χ2n) is 2.94. The maximum atomic E-state index is 12.6. The van der Waals surface area contributed by atoms with E-state index in [4.69, 9.17) is 11.5 Å². The van der Waals surface area contributed by atoms with Crippen molar-refractivity contribution < 1.29 is 8.78 Å². The Morgan fingerprint density at radius 2 is 1.79 bits per heavy atom. The summed E-state index contributed by atoms with van der Waals surface area (Å²) in [6.45, 7) is 0. The number of halogens is 2. The molecule has 1 aromatic heterocycles. The Hall–Kier alpha value is -1.36. The van der Waals surface area contributed by atoms with Gasteiger partial charge in [-0.15, -0.1) is 11.3 Å². The van der Waals surface area contributed by atoms with Gasteiger partial charge in [-0.25, -0.2) is 8.78 Å². The van der Waals surface area contributed by atoms with Crippen LogP contribution in [0.3, 0.4) is 0 Å². The summed E-state index contributed by atoms with van der Waals surface area (Å²) >= 11 is 1.20. The highest BCUT2D eigenvalue weighted by Gasteiger charge is 2.16. The summed E-state index contributed by atoms with van der Waals surface area (Å²) in [6, 6.07) is 3.18. The average molecular weight is 214 g/mol. The van der Waals surface area contributed by atoms with E-state index in [1.807, 2.05) is 0 Å². The molecule has 5 heteroatoms. The minimum atomic E-state index is -2.51. The monoisotopic (exact) mass is 214 g/mol. The molecule has 0 bridgehead atoms. The van der Waals surface area contributed by atoms with Crippen molar-refractivity contribution in [2.75, 3.05) is 11.5 Å². The molecule has 0 aliphatic rings. The number of fused-ring (bicyclic) bond motifs is 1. The zero-order chi connectivity index (χ0) is 10.3. The Morgan fingerprint density at radius 1 is 1.14 bits per heavy atom. The quantitative estimate of drug-likeness (QED) is 0.717. The first-order valence-corrected chi connectivity index (χ1v) is 4.82. The molecule has 2 rings (SSSR count). The highest BCUT2D eigenvalue weighted by atomic mass is 32.1. The molecule has 0 fully saturated rings. The molecule has 4 N–H and O–H groups in total. The number of anilines is 2. The fraction of sp³-hybridized carbons (Fsp3) is 0.111. The lowest BCUT2D eigenvalue weighted by Crippen LogP contribution is -1.92. The Labute approximate surface area is 83.1 Å².